The van der Waals surface area contributed by atoms with E-state index >= 15 is 0 Å². The molecule has 4 aromatic heterocycles. The Kier molecular flexibility index (Phi) is 8.68. The molecule has 0 aliphatic carbocycles. The summed E-state index contributed by atoms with van der Waals surface area (Å²) in [7, 11) is 2.17. The SMILES string of the molecule is CC1CCN(c2nc(N)c3ncn(CCCCCCCCn4cnc5c(N)nc(C6CCN(C)CC6)nc54)c3n2)CC1. The van der Waals surface area contributed by atoms with Crippen LogP contribution >= 0.6 is 0 Å². The number of hydrogen-bond acceptors (Lipinski definition) is 10. The number of rotatable bonds is 11. The van der Waals surface area contributed by atoms with Crippen molar-refractivity contribution >= 4 is 39.9 Å². The van der Waals surface area contributed by atoms with Crippen LogP contribution in [0.15, 0.2) is 12.7 Å². The molecule has 2 fully saturated rings. The molecule has 0 spiro atoms. The quantitative estimate of drug-likeness (QED) is 0.250. The Bertz CT molecular complexity index is 1360. The predicted molar refractivity (Wildman–Crippen MR) is 167 cm³/mol. The van der Waals surface area contributed by atoms with Gasteiger partial charge in [0, 0.05) is 32.1 Å². The highest BCUT2D eigenvalue weighted by molar-refractivity contribution is 5.83. The van der Waals surface area contributed by atoms with Crippen molar-refractivity contribution in [3.63, 3.8) is 0 Å². The average molecular weight is 575 g/mol. The second-order valence-corrected chi connectivity index (χ2v) is 12.5. The summed E-state index contributed by atoms with van der Waals surface area (Å²) >= 11 is 0. The second-order valence-electron chi connectivity index (χ2n) is 12.5. The van der Waals surface area contributed by atoms with E-state index in [2.05, 4.69) is 52.8 Å². The van der Waals surface area contributed by atoms with Crippen LogP contribution in [0.5, 0.6) is 0 Å². The fourth-order valence-corrected chi connectivity index (χ4v) is 6.34. The summed E-state index contributed by atoms with van der Waals surface area (Å²) in [6.07, 6.45) is 15.2. The van der Waals surface area contributed by atoms with Crippen molar-refractivity contribution < 1.29 is 0 Å². The fourth-order valence-electron chi connectivity index (χ4n) is 6.34. The van der Waals surface area contributed by atoms with E-state index in [1.807, 2.05) is 12.7 Å². The summed E-state index contributed by atoms with van der Waals surface area (Å²) in [5.74, 6) is 3.74. The van der Waals surface area contributed by atoms with Crippen molar-refractivity contribution in [2.45, 2.75) is 90.1 Å². The molecule has 2 saturated heterocycles. The molecule has 4 aromatic rings. The third-order valence-electron chi connectivity index (χ3n) is 9.19. The van der Waals surface area contributed by atoms with E-state index in [1.165, 1.54) is 38.5 Å². The molecule has 0 amide bonds. The minimum atomic E-state index is 0.377. The van der Waals surface area contributed by atoms with Gasteiger partial charge in [0.2, 0.25) is 5.95 Å². The van der Waals surface area contributed by atoms with Crippen LogP contribution in [0.3, 0.4) is 0 Å². The van der Waals surface area contributed by atoms with Gasteiger partial charge in [0.05, 0.1) is 12.7 Å². The Hall–Kier alpha value is -3.54. The maximum atomic E-state index is 6.29. The minimum absolute atomic E-state index is 0.377. The molecule has 42 heavy (non-hydrogen) atoms. The molecule has 12 nitrogen and oxygen atoms in total. The van der Waals surface area contributed by atoms with Gasteiger partial charge >= 0.3 is 0 Å². The van der Waals surface area contributed by atoms with E-state index in [9.17, 15) is 0 Å². The first-order chi connectivity index (χ1) is 20.5. The van der Waals surface area contributed by atoms with Crippen LogP contribution in [-0.4, -0.2) is 77.2 Å². The van der Waals surface area contributed by atoms with Crippen LogP contribution in [0.4, 0.5) is 17.6 Å². The topological polar surface area (TPSA) is 146 Å². The number of piperidine rings is 2. The molecule has 0 unspecified atom stereocenters. The normalized spacial score (nSPS) is 17.6. The summed E-state index contributed by atoms with van der Waals surface area (Å²) < 4.78 is 4.29. The first-order valence-electron chi connectivity index (χ1n) is 15.9. The van der Waals surface area contributed by atoms with Gasteiger partial charge in [-0.25, -0.2) is 19.9 Å². The van der Waals surface area contributed by atoms with Crippen LogP contribution in [0.2, 0.25) is 0 Å². The molecule has 12 heteroatoms. The number of hydrogen-bond donors (Lipinski definition) is 2. The van der Waals surface area contributed by atoms with Gasteiger partial charge in [-0.05, 0) is 64.6 Å². The van der Waals surface area contributed by atoms with Crippen LogP contribution in [0.1, 0.15) is 82.9 Å². The fraction of sp³-hybridized carbons (Fsp3) is 0.667. The summed E-state index contributed by atoms with van der Waals surface area (Å²) in [6.45, 7) is 8.23. The monoisotopic (exact) mass is 574 g/mol. The second kappa shape index (κ2) is 12.8. The maximum absolute atomic E-state index is 6.29. The van der Waals surface area contributed by atoms with Gasteiger partial charge in [0.25, 0.3) is 0 Å². The van der Waals surface area contributed by atoms with Crippen LogP contribution < -0.4 is 16.4 Å². The lowest BCUT2D eigenvalue weighted by molar-refractivity contribution is 0.251. The number of unbranched alkanes of at least 4 members (excludes halogenated alkanes) is 5. The highest BCUT2D eigenvalue weighted by Gasteiger charge is 2.23. The maximum Gasteiger partial charge on any atom is 0.229 e. The molecule has 0 bridgehead atoms. The number of aromatic nitrogens is 8. The molecular formula is C30H46N12. The van der Waals surface area contributed by atoms with Crippen molar-refractivity contribution in [3.05, 3.63) is 18.5 Å². The van der Waals surface area contributed by atoms with Gasteiger partial charge in [-0.15, -0.1) is 0 Å². The molecule has 2 aliphatic heterocycles. The van der Waals surface area contributed by atoms with Gasteiger partial charge < -0.3 is 30.4 Å². The van der Waals surface area contributed by atoms with Gasteiger partial charge in [-0.2, -0.15) is 9.97 Å². The summed E-state index contributed by atoms with van der Waals surface area (Å²) in [4.78, 5) is 32.7. The highest BCUT2D eigenvalue weighted by atomic mass is 15.3. The molecule has 0 saturated carbocycles. The van der Waals surface area contributed by atoms with Crippen LogP contribution in [0, 0.1) is 5.92 Å². The molecule has 4 N–H and O–H groups in total. The van der Waals surface area contributed by atoms with E-state index in [0.717, 1.165) is 99.5 Å². The van der Waals surface area contributed by atoms with Gasteiger partial charge in [-0.1, -0.05) is 32.6 Å². The third kappa shape index (κ3) is 6.28. The average Bonchev–Trinajstić information content (AvgIpc) is 3.60. The van der Waals surface area contributed by atoms with E-state index in [1.54, 1.807) is 0 Å². The predicted octanol–water partition coefficient (Wildman–Crippen LogP) is 4.22. The lowest BCUT2D eigenvalue weighted by Gasteiger charge is -2.30. The number of imidazole rings is 2. The molecule has 0 aromatic carbocycles. The Labute approximate surface area is 247 Å². The number of anilines is 3. The molecule has 2 aliphatic rings. The van der Waals surface area contributed by atoms with Crippen molar-refractivity contribution in [2.24, 2.45) is 5.92 Å². The van der Waals surface area contributed by atoms with E-state index in [-0.39, 0.29) is 0 Å². The highest BCUT2D eigenvalue weighted by Crippen LogP contribution is 2.28. The van der Waals surface area contributed by atoms with Crippen LogP contribution in [-0.2, 0) is 13.1 Å². The Morgan fingerprint density at radius 2 is 1.24 bits per heavy atom. The zero-order valence-electron chi connectivity index (χ0n) is 25.2. The lowest BCUT2D eigenvalue weighted by atomic mass is 9.96. The smallest absolute Gasteiger partial charge is 0.229 e. The van der Waals surface area contributed by atoms with Gasteiger partial charge in [0.1, 0.15) is 16.9 Å². The minimum Gasteiger partial charge on any atom is -0.382 e. The van der Waals surface area contributed by atoms with Crippen molar-refractivity contribution in [1.82, 2.24) is 43.9 Å². The van der Waals surface area contributed by atoms with Crippen LogP contribution in [0.25, 0.3) is 22.3 Å². The number of nitrogens with zero attached hydrogens (tertiary/aromatic N) is 10. The molecule has 0 atom stereocenters. The summed E-state index contributed by atoms with van der Waals surface area (Å²) in [6, 6.07) is 0. The Morgan fingerprint density at radius 3 is 1.86 bits per heavy atom. The molecule has 6 heterocycles. The molecule has 6 rings (SSSR count). The number of nitrogen functional groups attached to an aromatic ring is 2. The number of aryl methyl sites for hydroxylation is 2. The van der Waals surface area contributed by atoms with E-state index in [0.29, 0.717) is 23.1 Å². The van der Waals surface area contributed by atoms with E-state index in [4.69, 9.17) is 21.4 Å². The third-order valence-corrected chi connectivity index (χ3v) is 9.19. The number of nitrogens with two attached hydrogens (primary N) is 2. The first-order valence-corrected chi connectivity index (χ1v) is 15.9. The zero-order chi connectivity index (χ0) is 29.1. The van der Waals surface area contributed by atoms with Crippen molar-refractivity contribution in [2.75, 3.05) is 49.6 Å². The number of likely N-dealkylation sites (tertiary alicyclic amines) is 1. The van der Waals surface area contributed by atoms with Crippen molar-refractivity contribution in [3.8, 4) is 0 Å². The largest absolute Gasteiger partial charge is 0.382 e. The van der Waals surface area contributed by atoms with Gasteiger partial charge in [0.15, 0.2) is 22.9 Å². The summed E-state index contributed by atoms with van der Waals surface area (Å²) in [5.41, 5.74) is 15.7. The molecule has 0 radical (unpaired) electrons. The zero-order valence-corrected chi connectivity index (χ0v) is 25.2. The molecule has 226 valence electrons. The number of fused-ring (bicyclic) bond motifs is 2. The molecular weight excluding hydrogens is 528 g/mol. The standard InChI is InChI=1S/C30H46N12/c1-21-9-17-40(18-10-21)30-36-26(32)24-29(38-30)42(20-34-24)14-8-6-4-3-5-7-13-41-19-33-23-25(31)35-27(37-28(23)41)22-11-15-39(2)16-12-22/h19-22H,3-18H2,1-2H3,(H2,31,35,37)(H2,32,36,38). The van der Waals surface area contributed by atoms with Crippen molar-refractivity contribution in [1.29, 1.82) is 0 Å². The first kappa shape index (κ1) is 28.6. The lowest BCUT2D eigenvalue weighted by Crippen LogP contribution is -2.34. The van der Waals surface area contributed by atoms with E-state index < -0.39 is 0 Å². The van der Waals surface area contributed by atoms with Gasteiger partial charge in [-0.3, -0.25) is 0 Å². The Morgan fingerprint density at radius 1 is 0.690 bits per heavy atom. The Balaban J connectivity index is 0.957. The summed E-state index contributed by atoms with van der Waals surface area (Å²) in [5, 5.41) is 0.